The molecule has 2 heterocycles. The maximum absolute atomic E-state index is 12.1. The minimum absolute atomic E-state index is 0.00431. The molecule has 0 saturated heterocycles. The SMILES string of the molecule is CCn1cc(NC(=O)Cn2ccc([N+](=O)[O-])n2)c(C(=O)OC(C)C)n1. The maximum atomic E-state index is 12.1. The lowest BCUT2D eigenvalue weighted by molar-refractivity contribution is -0.389. The van der Waals surface area contributed by atoms with Gasteiger partial charge in [0.1, 0.15) is 6.54 Å². The Kier molecular flexibility index (Phi) is 5.47. The van der Waals surface area contributed by atoms with E-state index in [0.717, 1.165) is 4.68 Å². The normalized spacial score (nSPS) is 10.7. The predicted molar refractivity (Wildman–Crippen MR) is 86.0 cm³/mol. The molecule has 0 unspecified atom stereocenters. The predicted octanol–water partition coefficient (Wildman–Crippen LogP) is 1.21. The molecule has 134 valence electrons. The molecule has 0 radical (unpaired) electrons. The van der Waals surface area contributed by atoms with Gasteiger partial charge in [-0.05, 0) is 25.7 Å². The summed E-state index contributed by atoms with van der Waals surface area (Å²) >= 11 is 0. The number of aryl methyl sites for hydroxylation is 1. The van der Waals surface area contributed by atoms with Crippen molar-refractivity contribution in [1.82, 2.24) is 19.6 Å². The lowest BCUT2D eigenvalue weighted by Gasteiger charge is -2.07. The molecule has 0 saturated carbocycles. The van der Waals surface area contributed by atoms with E-state index in [1.807, 2.05) is 6.92 Å². The molecule has 0 aliphatic carbocycles. The number of amides is 1. The molecule has 2 aromatic rings. The maximum Gasteiger partial charge on any atom is 0.389 e. The van der Waals surface area contributed by atoms with Gasteiger partial charge in [-0.2, -0.15) is 9.78 Å². The molecule has 0 aliphatic rings. The Morgan fingerprint density at radius 2 is 2.08 bits per heavy atom. The average Bonchev–Trinajstić information content (AvgIpc) is 3.13. The molecule has 11 nitrogen and oxygen atoms in total. The van der Waals surface area contributed by atoms with Gasteiger partial charge < -0.3 is 20.2 Å². The van der Waals surface area contributed by atoms with Gasteiger partial charge >= 0.3 is 11.8 Å². The quantitative estimate of drug-likeness (QED) is 0.450. The van der Waals surface area contributed by atoms with Crippen LogP contribution in [0.15, 0.2) is 18.5 Å². The largest absolute Gasteiger partial charge is 0.458 e. The van der Waals surface area contributed by atoms with Crippen LogP contribution < -0.4 is 5.32 Å². The van der Waals surface area contributed by atoms with Crippen LogP contribution in [0.2, 0.25) is 0 Å². The third kappa shape index (κ3) is 4.62. The van der Waals surface area contributed by atoms with Crippen LogP contribution >= 0.6 is 0 Å². The number of nitrogens with one attached hydrogen (secondary N) is 1. The Balaban J connectivity index is 2.12. The first-order chi connectivity index (χ1) is 11.8. The van der Waals surface area contributed by atoms with E-state index >= 15 is 0 Å². The van der Waals surface area contributed by atoms with E-state index in [2.05, 4.69) is 15.5 Å². The molecule has 0 aliphatic heterocycles. The smallest absolute Gasteiger partial charge is 0.389 e. The molecule has 11 heteroatoms. The minimum atomic E-state index is -0.653. The van der Waals surface area contributed by atoms with Crippen molar-refractivity contribution in [2.24, 2.45) is 0 Å². The van der Waals surface area contributed by atoms with Crippen LogP contribution in [0.4, 0.5) is 11.5 Å². The van der Waals surface area contributed by atoms with Gasteiger partial charge in [0.05, 0.1) is 29.2 Å². The molecule has 0 atom stereocenters. The fraction of sp³-hybridized carbons (Fsp3) is 0.429. The lowest BCUT2D eigenvalue weighted by Crippen LogP contribution is -2.21. The van der Waals surface area contributed by atoms with Gasteiger partial charge in [-0.25, -0.2) is 4.79 Å². The Morgan fingerprint density at radius 3 is 2.64 bits per heavy atom. The third-order valence-corrected chi connectivity index (χ3v) is 3.02. The van der Waals surface area contributed by atoms with Crippen LogP contribution in [0.5, 0.6) is 0 Å². The number of carbonyl (C=O) groups is 2. The lowest BCUT2D eigenvalue weighted by atomic mass is 10.3. The number of nitro groups is 1. The molecule has 25 heavy (non-hydrogen) atoms. The second-order valence-electron chi connectivity index (χ2n) is 5.38. The van der Waals surface area contributed by atoms with Crippen molar-refractivity contribution in [2.75, 3.05) is 5.32 Å². The second kappa shape index (κ2) is 7.55. The van der Waals surface area contributed by atoms with Gasteiger partial charge in [0.2, 0.25) is 5.91 Å². The average molecular weight is 350 g/mol. The summed E-state index contributed by atoms with van der Waals surface area (Å²) in [6.07, 6.45) is 2.51. The van der Waals surface area contributed by atoms with E-state index in [4.69, 9.17) is 4.74 Å². The van der Waals surface area contributed by atoms with E-state index < -0.39 is 16.8 Å². The van der Waals surface area contributed by atoms with Crippen LogP contribution in [0.1, 0.15) is 31.3 Å². The van der Waals surface area contributed by atoms with Crippen molar-refractivity contribution in [2.45, 2.75) is 40.0 Å². The number of hydrogen-bond donors (Lipinski definition) is 1. The number of ether oxygens (including phenoxy) is 1. The zero-order valence-corrected chi connectivity index (χ0v) is 14.0. The molecular weight excluding hydrogens is 332 g/mol. The van der Waals surface area contributed by atoms with Gasteiger partial charge in [0.15, 0.2) is 5.69 Å². The van der Waals surface area contributed by atoms with Crippen LogP contribution in [0.25, 0.3) is 0 Å². The Hall–Kier alpha value is -3.24. The Labute approximate surface area is 142 Å². The van der Waals surface area contributed by atoms with Crippen molar-refractivity contribution in [3.05, 3.63) is 34.3 Å². The molecule has 0 bridgehead atoms. The number of anilines is 1. The highest BCUT2D eigenvalue weighted by atomic mass is 16.6. The summed E-state index contributed by atoms with van der Waals surface area (Å²) in [5.41, 5.74) is 0.203. The zero-order chi connectivity index (χ0) is 18.6. The van der Waals surface area contributed by atoms with Crippen LogP contribution in [-0.4, -0.2) is 42.5 Å². The molecule has 2 aromatic heterocycles. The molecule has 0 fully saturated rings. The van der Waals surface area contributed by atoms with Crippen molar-refractivity contribution >= 4 is 23.4 Å². The Bertz CT molecular complexity index is 793. The second-order valence-corrected chi connectivity index (χ2v) is 5.38. The van der Waals surface area contributed by atoms with Gasteiger partial charge in [0, 0.05) is 12.7 Å². The van der Waals surface area contributed by atoms with Gasteiger partial charge in [0.25, 0.3) is 0 Å². The van der Waals surface area contributed by atoms with Crippen molar-refractivity contribution < 1.29 is 19.2 Å². The van der Waals surface area contributed by atoms with Crippen LogP contribution in [0.3, 0.4) is 0 Å². The van der Waals surface area contributed by atoms with Crippen molar-refractivity contribution in [3.8, 4) is 0 Å². The standard InChI is InChI=1S/C14H18N6O5/c1-4-18-7-10(13(17-18)14(22)25-9(2)3)15-12(21)8-19-6-5-11(16-19)20(23)24/h5-7,9H,4,8H2,1-3H3,(H,15,21). The molecule has 1 N–H and O–H groups in total. The first-order valence-electron chi connectivity index (χ1n) is 7.56. The first kappa shape index (κ1) is 18.1. The fourth-order valence-electron chi connectivity index (χ4n) is 1.97. The van der Waals surface area contributed by atoms with E-state index in [-0.39, 0.29) is 29.8 Å². The number of rotatable bonds is 7. The summed E-state index contributed by atoms with van der Waals surface area (Å²) in [6, 6.07) is 1.19. The fourth-order valence-corrected chi connectivity index (χ4v) is 1.97. The summed E-state index contributed by atoms with van der Waals surface area (Å²) in [4.78, 5) is 34.2. The molecule has 0 aromatic carbocycles. The number of esters is 1. The molecule has 2 rings (SSSR count). The van der Waals surface area contributed by atoms with Gasteiger partial charge in [-0.1, -0.05) is 0 Å². The number of nitrogens with zero attached hydrogens (tertiary/aromatic N) is 5. The summed E-state index contributed by atoms with van der Waals surface area (Å²) in [7, 11) is 0. The van der Waals surface area contributed by atoms with E-state index in [0.29, 0.717) is 6.54 Å². The molecular formula is C14H18N6O5. The van der Waals surface area contributed by atoms with Crippen molar-refractivity contribution in [1.29, 1.82) is 0 Å². The third-order valence-electron chi connectivity index (χ3n) is 3.02. The number of hydrogen-bond acceptors (Lipinski definition) is 7. The highest BCUT2D eigenvalue weighted by molar-refractivity contribution is 5.99. The highest BCUT2D eigenvalue weighted by Crippen LogP contribution is 2.16. The Morgan fingerprint density at radius 1 is 1.36 bits per heavy atom. The summed E-state index contributed by atoms with van der Waals surface area (Å²) < 4.78 is 7.73. The van der Waals surface area contributed by atoms with E-state index in [9.17, 15) is 19.7 Å². The highest BCUT2D eigenvalue weighted by Gasteiger charge is 2.21. The van der Waals surface area contributed by atoms with Gasteiger partial charge in [-0.15, -0.1) is 0 Å². The zero-order valence-electron chi connectivity index (χ0n) is 14.0. The monoisotopic (exact) mass is 350 g/mol. The number of aromatic nitrogens is 4. The molecule has 1 amide bonds. The van der Waals surface area contributed by atoms with Crippen LogP contribution in [0, 0.1) is 10.1 Å². The van der Waals surface area contributed by atoms with Gasteiger partial charge in [-0.3, -0.25) is 9.48 Å². The van der Waals surface area contributed by atoms with E-state index in [1.54, 1.807) is 13.8 Å². The van der Waals surface area contributed by atoms with E-state index in [1.165, 1.54) is 23.1 Å². The summed E-state index contributed by atoms with van der Waals surface area (Å²) in [6.45, 7) is 5.50. The minimum Gasteiger partial charge on any atom is -0.458 e. The summed E-state index contributed by atoms with van der Waals surface area (Å²) in [5, 5.41) is 20.9. The van der Waals surface area contributed by atoms with Crippen LogP contribution in [-0.2, 0) is 22.6 Å². The number of carbonyl (C=O) groups excluding carboxylic acids is 2. The topological polar surface area (TPSA) is 134 Å². The summed E-state index contributed by atoms with van der Waals surface area (Å²) in [5.74, 6) is -1.51. The van der Waals surface area contributed by atoms with Crippen molar-refractivity contribution in [3.63, 3.8) is 0 Å². The first-order valence-corrected chi connectivity index (χ1v) is 7.56. The molecule has 0 spiro atoms.